The van der Waals surface area contributed by atoms with Crippen LogP contribution in [-0.2, 0) is 0 Å². The lowest BCUT2D eigenvalue weighted by Crippen LogP contribution is -1.70. The van der Waals surface area contributed by atoms with Gasteiger partial charge < -0.3 is 0 Å². The molecule has 0 aliphatic carbocycles. The number of hydrogen-bond acceptors (Lipinski definition) is 0. The number of hydrogen-bond donors (Lipinski definition) is 0. The van der Waals surface area contributed by atoms with Crippen LogP contribution >= 0.6 is 13.5 Å². The molecule has 0 aromatic heterocycles. The predicted octanol–water partition coefficient (Wildman–Crippen LogP) is 7.83. The first kappa shape index (κ1) is 22.0. The minimum Gasteiger partial charge on any atom is -0.197 e. The molecule has 0 aliphatic heterocycles. The highest BCUT2D eigenvalue weighted by atomic mass is 32.1. The molecule has 0 amide bonds. The minimum absolute atomic E-state index is 0. The highest BCUT2D eigenvalue weighted by molar-refractivity contribution is 7.59. The molecule has 4 aromatic rings. The van der Waals surface area contributed by atoms with Crippen LogP contribution in [0.25, 0.3) is 24.3 Å². The second kappa shape index (κ2) is 13.0. The van der Waals surface area contributed by atoms with Gasteiger partial charge in [-0.15, -0.1) is 0 Å². The van der Waals surface area contributed by atoms with Crippen LogP contribution in [0.15, 0.2) is 121 Å². The summed E-state index contributed by atoms with van der Waals surface area (Å²) in [7, 11) is 0. The van der Waals surface area contributed by atoms with Crippen LogP contribution in [-0.4, -0.2) is 0 Å². The Labute approximate surface area is 181 Å². The smallest absolute Gasteiger partial charge is 0.0256 e. The van der Waals surface area contributed by atoms with Crippen LogP contribution in [0.2, 0.25) is 0 Å². The first-order valence-corrected chi connectivity index (χ1v) is 9.46. The second-order valence-electron chi connectivity index (χ2n) is 6.31. The molecule has 144 valence electrons. The number of rotatable bonds is 4. The molecular weight excluding hydrogens is 368 g/mol. The van der Waals surface area contributed by atoms with Gasteiger partial charge >= 0.3 is 0 Å². The normalized spacial score (nSPS) is 10.2. The van der Waals surface area contributed by atoms with E-state index in [1.54, 1.807) is 0 Å². The van der Waals surface area contributed by atoms with Crippen molar-refractivity contribution in [3.8, 4) is 0 Å². The van der Waals surface area contributed by atoms with Crippen LogP contribution in [0, 0.1) is 0 Å². The summed E-state index contributed by atoms with van der Waals surface area (Å²) in [4.78, 5) is 0. The zero-order valence-electron chi connectivity index (χ0n) is 16.4. The Kier molecular flexibility index (Phi) is 9.85. The van der Waals surface area contributed by atoms with Gasteiger partial charge in [-0.1, -0.05) is 146 Å². The van der Waals surface area contributed by atoms with Gasteiger partial charge in [0.15, 0.2) is 0 Å². The van der Waals surface area contributed by atoms with Crippen LogP contribution < -0.4 is 0 Å². The van der Waals surface area contributed by atoms with E-state index in [0.29, 0.717) is 0 Å². The van der Waals surface area contributed by atoms with E-state index in [9.17, 15) is 0 Å². The van der Waals surface area contributed by atoms with E-state index in [0.717, 1.165) is 0 Å². The largest absolute Gasteiger partial charge is 0.197 e. The fourth-order valence-electron chi connectivity index (χ4n) is 2.64. The Morgan fingerprint density at radius 2 is 0.448 bits per heavy atom. The predicted molar refractivity (Wildman–Crippen MR) is 134 cm³/mol. The van der Waals surface area contributed by atoms with Crippen molar-refractivity contribution in [3.05, 3.63) is 144 Å². The molecular formula is C28H26S. The average Bonchev–Trinajstić information content (AvgIpc) is 2.80. The van der Waals surface area contributed by atoms with E-state index in [1.165, 1.54) is 22.3 Å². The van der Waals surface area contributed by atoms with Gasteiger partial charge in [0, 0.05) is 0 Å². The summed E-state index contributed by atoms with van der Waals surface area (Å²) in [6, 6.07) is 41.3. The van der Waals surface area contributed by atoms with Crippen molar-refractivity contribution in [3.63, 3.8) is 0 Å². The van der Waals surface area contributed by atoms with Gasteiger partial charge in [0.1, 0.15) is 0 Å². The quantitative estimate of drug-likeness (QED) is 0.309. The Balaban J connectivity index is 0.000000200. The van der Waals surface area contributed by atoms with Crippen molar-refractivity contribution in [2.45, 2.75) is 0 Å². The van der Waals surface area contributed by atoms with Gasteiger partial charge in [0.2, 0.25) is 0 Å². The Bertz CT molecular complexity index is 805. The third-order valence-electron chi connectivity index (χ3n) is 4.13. The van der Waals surface area contributed by atoms with Gasteiger partial charge in [0.05, 0.1) is 0 Å². The molecule has 0 N–H and O–H groups in total. The summed E-state index contributed by atoms with van der Waals surface area (Å²) in [5.74, 6) is 0. The van der Waals surface area contributed by atoms with Gasteiger partial charge in [-0.3, -0.25) is 0 Å². The van der Waals surface area contributed by atoms with E-state index >= 15 is 0 Å². The van der Waals surface area contributed by atoms with Crippen molar-refractivity contribution in [2.24, 2.45) is 0 Å². The van der Waals surface area contributed by atoms with Crippen LogP contribution in [0.4, 0.5) is 0 Å². The standard InChI is InChI=1S/2C14H12.H2S/c2*1-3-7-13(8-4-1)11-12-14-9-5-2-6-10-14;/h2*1-12H;1H2. The lowest BCUT2D eigenvalue weighted by molar-refractivity contribution is 1.65. The fourth-order valence-corrected chi connectivity index (χ4v) is 2.64. The summed E-state index contributed by atoms with van der Waals surface area (Å²) in [6.45, 7) is 0. The number of benzene rings is 4. The lowest BCUT2D eigenvalue weighted by atomic mass is 10.1. The zero-order chi connectivity index (χ0) is 19.3. The van der Waals surface area contributed by atoms with Crippen molar-refractivity contribution >= 4 is 37.8 Å². The van der Waals surface area contributed by atoms with E-state index in [4.69, 9.17) is 0 Å². The third-order valence-corrected chi connectivity index (χ3v) is 4.13. The van der Waals surface area contributed by atoms with Crippen molar-refractivity contribution < 1.29 is 0 Å². The summed E-state index contributed by atoms with van der Waals surface area (Å²) < 4.78 is 0. The molecule has 0 atom stereocenters. The SMILES string of the molecule is C(=Cc1ccccc1)c1ccccc1.C(=Cc1ccccc1)c1ccccc1.S. The van der Waals surface area contributed by atoms with Crippen LogP contribution in [0.1, 0.15) is 22.3 Å². The van der Waals surface area contributed by atoms with Gasteiger partial charge in [-0.05, 0) is 22.3 Å². The van der Waals surface area contributed by atoms with Gasteiger partial charge in [-0.25, -0.2) is 0 Å². The summed E-state index contributed by atoms with van der Waals surface area (Å²) in [6.07, 6.45) is 8.48. The highest BCUT2D eigenvalue weighted by Gasteiger charge is 1.85. The average molecular weight is 395 g/mol. The molecule has 0 nitrogen and oxygen atoms in total. The zero-order valence-corrected chi connectivity index (χ0v) is 17.4. The molecule has 0 bridgehead atoms. The molecule has 0 radical (unpaired) electrons. The van der Waals surface area contributed by atoms with Crippen LogP contribution in [0.5, 0.6) is 0 Å². The maximum absolute atomic E-state index is 2.12. The topological polar surface area (TPSA) is 0 Å². The third kappa shape index (κ3) is 8.50. The molecule has 0 aliphatic rings. The summed E-state index contributed by atoms with van der Waals surface area (Å²) >= 11 is 0. The molecule has 0 saturated heterocycles. The van der Waals surface area contributed by atoms with Crippen molar-refractivity contribution in [1.29, 1.82) is 0 Å². The molecule has 0 heterocycles. The Morgan fingerprint density at radius 1 is 0.276 bits per heavy atom. The Hall–Kier alpha value is -3.29. The maximum atomic E-state index is 2.12. The van der Waals surface area contributed by atoms with Gasteiger partial charge in [0.25, 0.3) is 0 Å². The van der Waals surface area contributed by atoms with Gasteiger partial charge in [-0.2, -0.15) is 13.5 Å². The van der Waals surface area contributed by atoms with E-state index in [-0.39, 0.29) is 13.5 Å². The van der Waals surface area contributed by atoms with Crippen molar-refractivity contribution in [2.75, 3.05) is 0 Å². The fraction of sp³-hybridized carbons (Fsp3) is 0. The monoisotopic (exact) mass is 394 g/mol. The first-order chi connectivity index (χ1) is 13.9. The summed E-state index contributed by atoms with van der Waals surface area (Å²) in [5, 5.41) is 0. The molecule has 0 saturated carbocycles. The van der Waals surface area contributed by atoms with E-state index in [2.05, 4.69) is 72.8 Å². The first-order valence-electron chi connectivity index (χ1n) is 9.46. The Morgan fingerprint density at radius 3 is 0.621 bits per heavy atom. The summed E-state index contributed by atoms with van der Waals surface area (Å²) in [5.41, 5.74) is 4.93. The highest BCUT2D eigenvalue weighted by Crippen LogP contribution is 2.08. The molecule has 4 aromatic carbocycles. The minimum atomic E-state index is 0. The lowest BCUT2D eigenvalue weighted by Gasteiger charge is -1.92. The van der Waals surface area contributed by atoms with Crippen molar-refractivity contribution in [1.82, 2.24) is 0 Å². The molecule has 0 unspecified atom stereocenters. The van der Waals surface area contributed by atoms with Crippen LogP contribution in [0.3, 0.4) is 0 Å². The molecule has 1 heteroatoms. The molecule has 29 heavy (non-hydrogen) atoms. The second-order valence-corrected chi connectivity index (χ2v) is 6.31. The molecule has 0 fully saturated rings. The maximum Gasteiger partial charge on any atom is -0.0256 e. The van der Waals surface area contributed by atoms with E-state index < -0.39 is 0 Å². The molecule has 4 rings (SSSR count). The molecule has 0 spiro atoms. The van der Waals surface area contributed by atoms with E-state index in [1.807, 2.05) is 72.8 Å².